The monoisotopic (exact) mass is 171 g/mol. The lowest BCUT2D eigenvalue weighted by Gasteiger charge is -2.04. The van der Waals surface area contributed by atoms with E-state index in [9.17, 15) is 4.79 Å². The van der Waals surface area contributed by atoms with Gasteiger partial charge in [-0.05, 0) is 12.0 Å². The minimum absolute atomic E-state index is 0.0629. The molecule has 0 bridgehead atoms. The van der Waals surface area contributed by atoms with Crippen LogP contribution in [0.2, 0.25) is 0 Å². The second kappa shape index (κ2) is 3.88. The zero-order chi connectivity index (χ0) is 11.6. The summed E-state index contributed by atoms with van der Waals surface area (Å²) in [5, 5.41) is 8.58. The molecule has 0 aromatic heterocycles. The molecule has 0 aliphatic rings. The van der Waals surface area contributed by atoms with Crippen LogP contribution in [0.15, 0.2) is 30.3 Å². The summed E-state index contributed by atoms with van der Waals surface area (Å²) < 4.78 is 22.0. The van der Waals surface area contributed by atoms with Crippen molar-refractivity contribution < 1.29 is 14.0 Å². The van der Waals surface area contributed by atoms with E-state index in [1.165, 1.54) is 12.1 Å². The summed E-state index contributed by atoms with van der Waals surface area (Å²) in [6, 6.07) is 1.35. The van der Waals surface area contributed by atoms with Crippen LogP contribution >= 0.6 is 0 Å². The lowest BCUT2D eigenvalue weighted by molar-refractivity contribution is -0.138. The molecule has 0 unspecified atom stereocenters. The van der Waals surface area contributed by atoms with Crippen LogP contribution < -0.4 is 5.73 Å². The minimum atomic E-state index is -1.12. The molecule has 0 saturated heterocycles. The van der Waals surface area contributed by atoms with Crippen molar-refractivity contribution in [1.29, 1.82) is 0 Å². The van der Waals surface area contributed by atoms with E-state index in [0.717, 1.165) is 0 Å². The summed E-state index contributed by atoms with van der Waals surface area (Å²) in [4.78, 5) is 10.5. The molecule has 3 nitrogen and oxygen atoms in total. The number of benzene rings is 1. The van der Waals surface area contributed by atoms with Gasteiger partial charge in [-0.1, -0.05) is 30.3 Å². The zero-order valence-corrected chi connectivity index (χ0v) is 6.37. The van der Waals surface area contributed by atoms with Crippen LogP contribution in [0.25, 0.3) is 0 Å². The number of carboxylic acid groups (broad SMARTS) is 1. The Bertz CT molecular complexity index is 372. The third kappa shape index (κ3) is 2.36. The molecule has 1 aromatic carbocycles. The van der Waals surface area contributed by atoms with E-state index in [4.69, 9.17) is 15.0 Å². The fraction of sp³-hybridized carbons (Fsp3) is 0.222. The third-order valence-electron chi connectivity index (χ3n) is 1.43. The Morgan fingerprint density at radius 3 is 2.67 bits per heavy atom. The molecule has 0 amide bonds. The van der Waals surface area contributed by atoms with Crippen molar-refractivity contribution in [2.24, 2.45) is 5.73 Å². The first-order chi connectivity index (χ1) is 6.91. The normalized spacial score (nSPS) is 15.9. The van der Waals surface area contributed by atoms with Crippen molar-refractivity contribution in [3.8, 4) is 0 Å². The van der Waals surface area contributed by atoms with Gasteiger partial charge in [-0.25, -0.2) is 0 Å². The molecule has 1 rings (SSSR count). The van der Waals surface area contributed by atoms with E-state index >= 15 is 0 Å². The highest BCUT2D eigenvalue weighted by molar-refractivity contribution is 5.73. The van der Waals surface area contributed by atoms with Crippen LogP contribution in [0, 0.1) is 0 Å². The highest BCUT2D eigenvalue weighted by Crippen LogP contribution is 2.01. The predicted octanol–water partition coefficient (Wildman–Crippen LogP) is 0.641. The topological polar surface area (TPSA) is 63.3 Å². The van der Waals surface area contributed by atoms with Gasteiger partial charge in [-0.2, -0.15) is 0 Å². The van der Waals surface area contributed by atoms with E-state index in [1.807, 2.05) is 0 Å². The molecule has 0 aliphatic heterocycles. The summed E-state index contributed by atoms with van der Waals surface area (Å²) in [6.45, 7) is 0. The first-order valence-electron chi connectivity index (χ1n) is 4.97. The Kier molecular flexibility index (Phi) is 1.72. The van der Waals surface area contributed by atoms with E-state index in [0.29, 0.717) is 5.56 Å². The van der Waals surface area contributed by atoms with Gasteiger partial charge < -0.3 is 10.8 Å². The zero-order valence-electron chi connectivity index (χ0n) is 9.37. The Morgan fingerprint density at radius 2 is 2.17 bits per heavy atom. The van der Waals surface area contributed by atoms with Gasteiger partial charge in [0.25, 0.3) is 0 Å². The third-order valence-corrected chi connectivity index (χ3v) is 1.43. The van der Waals surface area contributed by atoms with E-state index in [1.54, 1.807) is 0 Å². The Balaban J connectivity index is 2.92. The Morgan fingerprint density at radius 1 is 1.58 bits per heavy atom. The maximum Gasteiger partial charge on any atom is 0.320 e. The molecular formula is C9H11NO2. The van der Waals surface area contributed by atoms with Crippen LogP contribution in [0.1, 0.15) is 9.68 Å². The quantitative estimate of drug-likeness (QED) is 0.701. The fourth-order valence-corrected chi connectivity index (χ4v) is 0.800. The first-order valence-corrected chi connectivity index (χ1v) is 3.47. The van der Waals surface area contributed by atoms with Gasteiger partial charge in [0.1, 0.15) is 6.04 Å². The number of hydrogen-bond donors (Lipinski definition) is 2. The maximum absolute atomic E-state index is 10.5. The van der Waals surface area contributed by atoms with E-state index < -0.39 is 12.0 Å². The average molecular weight is 171 g/mol. The molecular weight excluding hydrogens is 154 g/mol. The van der Waals surface area contributed by atoms with Gasteiger partial charge in [0.2, 0.25) is 0 Å². The molecule has 0 aliphatic carbocycles. The molecule has 0 saturated carbocycles. The standard InChI is InChI=1S/C9H11NO2/c10-8(9(11)12)6-7-4-2-1-3-5-7/h1-5,8H,6,10H2,(H,11,12)/t8-/m0/s1/i1T,2T,3T. The number of carboxylic acids is 1. The Labute approximate surface area is 75.0 Å². The molecule has 1 aromatic rings. The molecule has 0 heterocycles. The molecule has 0 spiro atoms. The number of rotatable bonds is 3. The molecule has 64 valence electrons. The van der Waals surface area contributed by atoms with Crippen molar-refractivity contribution in [1.82, 2.24) is 0 Å². The van der Waals surface area contributed by atoms with Crippen molar-refractivity contribution in [3.63, 3.8) is 0 Å². The van der Waals surface area contributed by atoms with Crippen LogP contribution in [-0.4, -0.2) is 17.1 Å². The molecule has 0 radical (unpaired) electrons. The van der Waals surface area contributed by atoms with Crippen molar-refractivity contribution in [2.75, 3.05) is 0 Å². The SMILES string of the molecule is [3H]c1cc(C[C@H](N)C(=O)O)cc([3H])c1[3H]. The Hall–Kier alpha value is -1.35. The first kappa shape index (κ1) is 5.32. The highest BCUT2D eigenvalue weighted by atomic mass is 16.4. The van der Waals surface area contributed by atoms with Gasteiger partial charge in [0.05, 0.1) is 4.11 Å². The summed E-state index contributed by atoms with van der Waals surface area (Å²) in [7, 11) is 0. The summed E-state index contributed by atoms with van der Waals surface area (Å²) in [5.41, 5.74) is 5.81. The van der Waals surface area contributed by atoms with Crippen LogP contribution in [0.5, 0.6) is 0 Å². The number of hydrogen-bond acceptors (Lipinski definition) is 2. The molecule has 0 fully saturated rings. The second-order valence-corrected chi connectivity index (χ2v) is 2.43. The predicted molar refractivity (Wildman–Crippen MR) is 45.8 cm³/mol. The molecule has 1 atom stereocenters. The summed E-state index contributed by atoms with van der Waals surface area (Å²) in [5.74, 6) is -1.12. The number of nitrogens with two attached hydrogens (primary N) is 1. The molecule has 3 N–H and O–H groups in total. The molecule has 3 heteroatoms. The van der Waals surface area contributed by atoms with Crippen LogP contribution in [0.3, 0.4) is 0 Å². The number of carbonyl (C=O) groups is 1. The summed E-state index contributed by atoms with van der Waals surface area (Å²) >= 11 is 0. The highest BCUT2D eigenvalue weighted by Gasteiger charge is 2.10. The number of aliphatic carboxylic acids is 1. The smallest absolute Gasteiger partial charge is 0.320 e. The largest absolute Gasteiger partial charge is 0.480 e. The molecule has 12 heavy (non-hydrogen) atoms. The van der Waals surface area contributed by atoms with E-state index in [2.05, 4.69) is 0 Å². The van der Waals surface area contributed by atoms with Crippen LogP contribution in [0.4, 0.5) is 0 Å². The average Bonchev–Trinajstić information content (AvgIpc) is 2.13. The van der Waals surface area contributed by atoms with Crippen molar-refractivity contribution in [3.05, 3.63) is 35.8 Å². The minimum Gasteiger partial charge on any atom is -0.480 e. The lowest BCUT2D eigenvalue weighted by Crippen LogP contribution is -2.32. The van der Waals surface area contributed by atoms with Crippen molar-refractivity contribution >= 4 is 5.97 Å². The lowest BCUT2D eigenvalue weighted by atomic mass is 10.1. The van der Waals surface area contributed by atoms with Crippen LogP contribution in [-0.2, 0) is 11.2 Å². The fourth-order valence-electron chi connectivity index (χ4n) is 0.800. The van der Waals surface area contributed by atoms with Gasteiger partial charge in [-0.3, -0.25) is 4.79 Å². The van der Waals surface area contributed by atoms with Gasteiger partial charge in [-0.15, -0.1) is 0 Å². The van der Waals surface area contributed by atoms with Gasteiger partial charge >= 0.3 is 5.97 Å². The van der Waals surface area contributed by atoms with Crippen molar-refractivity contribution in [2.45, 2.75) is 12.5 Å². The van der Waals surface area contributed by atoms with Gasteiger partial charge in [0.15, 0.2) is 0 Å². The van der Waals surface area contributed by atoms with E-state index in [-0.39, 0.29) is 24.5 Å². The van der Waals surface area contributed by atoms with Gasteiger partial charge in [0, 0.05) is 0 Å². The second-order valence-electron chi connectivity index (χ2n) is 2.43. The summed E-state index contributed by atoms with van der Waals surface area (Å²) in [6.07, 6.45) is 0.0629. The maximum atomic E-state index is 10.5.